The molecule has 0 aliphatic carbocycles. The summed E-state index contributed by atoms with van der Waals surface area (Å²) in [6, 6.07) is 4.77. The molecule has 2 N–H and O–H groups in total. The minimum atomic E-state index is -2.04. The molecule has 6 heterocycles. The van der Waals surface area contributed by atoms with Crippen LogP contribution in [0.5, 0.6) is 0 Å². The van der Waals surface area contributed by atoms with Gasteiger partial charge in [0.1, 0.15) is 12.3 Å². The van der Waals surface area contributed by atoms with E-state index in [1.165, 1.54) is 37.2 Å². The maximum atomic E-state index is 13.3. The normalized spacial score (nSPS) is 23.5. The van der Waals surface area contributed by atoms with Gasteiger partial charge in [0.2, 0.25) is 5.60 Å². The second kappa shape index (κ2) is 10.00. The summed E-state index contributed by atoms with van der Waals surface area (Å²) in [6.07, 6.45) is 7.37. The molecule has 3 aromatic rings. The molecule has 2 bridgehead atoms. The number of quaternary nitrogens is 1. The molecule has 1 atom stereocenters. The van der Waals surface area contributed by atoms with E-state index in [1.54, 1.807) is 6.07 Å². The zero-order chi connectivity index (χ0) is 23.8. The highest BCUT2D eigenvalue weighted by molar-refractivity contribution is 5.90. The van der Waals surface area contributed by atoms with Gasteiger partial charge in [-0.15, -0.1) is 0 Å². The predicted octanol–water partition coefficient (Wildman–Crippen LogP) is -0.546. The van der Waals surface area contributed by atoms with Crippen LogP contribution in [0.1, 0.15) is 36.7 Å². The Morgan fingerprint density at radius 1 is 1.20 bits per heavy atom. The number of hydrogen-bond donors (Lipinski definition) is 2. The third kappa shape index (κ3) is 4.80. The van der Waals surface area contributed by atoms with Gasteiger partial charge in [-0.3, -0.25) is 4.79 Å². The minimum Gasteiger partial charge on any atom is -1.00 e. The number of aryl methyl sites for hydroxylation is 1. The molecule has 6 rings (SSSR count). The summed E-state index contributed by atoms with van der Waals surface area (Å²) in [4.78, 5) is 26.1. The Labute approximate surface area is 212 Å². The lowest BCUT2D eigenvalue weighted by Crippen LogP contribution is -3.00. The molecule has 10 nitrogen and oxygen atoms in total. The summed E-state index contributed by atoms with van der Waals surface area (Å²) in [7, 11) is 0. The van der Waals surface area contributed by atoms with E-state index in [9.17, 15) is 14.7 Å². The van der Waals surface area contributed by atoms with Crippen LogP contribution in [0.15, 0.2) is 56.6 Å². The SMILES string of the molecule is CCc1cc(NC(=O)C[N+]23CCC(CC2)[C@@H](OC(=O)C(O)(c2ccoc2)c2ccoc2)C3)no1.[Br-]. The number of furan rings is 2. The Bertz CT molecular complexity index is 1100. The summed E-state index contributed by atoms with van der Waals surface area (Å²) in [5, 5.41) is 18.1. The molecule has 11 heteroatoms. The number of carbonyl (C=O) groups excluding carboxylic acids is 2. The molecule has 188 valence electrons. The van der Waals surface area contributed by atoms with Gasteiger partial charge in [-0.2, -0.15) is 0 Å². The fourth-order valence-electron chi connectivity index (χ4n) is 5.17. The van der Waals surface area contributed by atoms with Gasteiger partial charge in [0.05, 0.1) is 38.1 Å². The average Bonchev–Trinajstić information content (AvgIpc) is 3.62. The lowest BCUT2D eigenvalue weighted by Gasteiger charge is -2.51. The second-order valence-corrected chi connectivity index (χ2v) is 9.23. The lowest BCUT2D eigenvalue weighted by atomic mass is 9.82. The van der Waals surface area contributed by atoms with Crippen molar-refractivity contribution < 1.29 is 54.3 Å². The fraction of sp³-hybridized carbons (Fsp3) is 0.458. The van der Waals surface area contributed by atoms with E-state index in [-0.39, 0.29) is 46.5 Å². The van der Waals surface area contributed by atoms with Crippen LogP contribution in [0.4, 0.5) is 5.82 Å². The van der Waals surface area contributed by atoms with Gasteiger partial charge < -0.3 is 50.0 Å². The summed E-state index contributed by atoms with van der Waals surface area (Å²) in [5.74, 6) is 0.352. The lowest BCUT2D eigenvalue weighted by molar-refractivity contribution is -0.939. The molecule has 0 unspecified atom stereocenters. The third-order valence-electron chi connectivity index (χ3n) is 7.13. The zero-order valence-electron chi connectivity index (χ0n) is 19.3. The van der Waals surface area contributed by atoms with E-state index in [0.29, 0.717) is 29.0 Å². The van der Waals surface area contributed by atoms with Gasteiger partial charge in [0.25, 0.3) is 5.91 Å². The number of halogens is 1. The molecule has 0 radical (unpaired) electrons. The van der Waals surface area contributed by atoms with Crippen molar-refractivity contribution in [2.24, 2.45) is 5.92 Å². The van der Waals surface area contributed by atoms with Gasteiger partial charge in [0.15, 0.2) is 18.5 Å². The summed E-state index contributed by atoms with van der Waals surface area (Å²) >= 11 is 0. The first-order chi connectivity index (χ1) is 16.4. The van der Waals surface area contributed by atoms with Crippen molar-refractivity contribution in [3.8, 4) is 0 Å². The number of amides is 1. The number of nitrogens with one attached hydrogen (secondary N) is 1. The first-order valence-corrected chi connectivity index (χ1v) is 11.5. The largest absolute Gasteiger partial charge is 1.00 e. The number of carbonyl (C=O) groups is 2. The number of ether oxygens (including phenoxy) is 1. The number of fused-ring (bicyclic) bond motifs is 3. The monoisotopic (exact) mass is 549 g/mol. The fourth-order valence-corrected chi connectivity index (χ4v) is 5.17. The average molecular weight is 550 g/mol. The van der Waals surface area contributed by atoms with Crippen LogP contribution < -0.4 is 22.3 Å². The predicted molar refractivity (Wildman–Crippen MR) is 117 cm³/mol. The standard InChI is InChI=1S/C24H27N3O7.BrH/c1-2-19-11-21(26-34-19)25-22(28)13-27-7-3-16(4-8-27)20(12-27)33-23(29)24(30,17-5-9-31-14-17)18-6-10-32-15-18;/h5-6,9-11,14-16,20,30H,2-4,7-8,12-13H2,1H3;1H/t16?,20-,27?;/m0./s1. The minimum absolute atomic E-state index is 0. The highest BCUT2D eigenvalue weighted by atomic mass is 79.9. The number of nitrogens with zero attached hydrogens (tertiary/aromatic N) is 2. The van der Waals surface area contributed by atoms with Crippen LogP contribution in [0.3, 0.4) is 0 Å². The maximum absolute atomic E-state index is 13.3. The zero-order valence-corrected chi connectivity index (χ0v) is 20.9. The van der Waals surface area contributed by atoms with Gasteiger partial charge in [-0.25, -0.2) is 4.79 Å². The van der Waals surface area contributed by atoms with Gasteiger partial charge in [-0.05, 0) is 12.1 Å². The molecule has 3 aliphatic heterocycles. The van der Waals surface area contributed by atoms with Crippen LogP contribution in [0, 0.1) is 5.92 Å². The first-order valence-electron chi connectivity index (χ1n) is 11.5. The van der Waals surface area contributed by atoms with Gasteiger partial charge >= 0.3 is 5.97 Å². The van der Waals surface area contributed by atoms with Gasteiger partial charge in [-0.1, -0.05) is 12.1 Å². The molecular weight excluding hydrogens is 522 g/mol. The maximum Gasteiger partial charge on any atom is 0.348 e. The summed E-state index contributed by atoms with van der Waals surface area (Å²) in [5.41, 5.74) is -1.51. The quantitative estimate of drug-likeness (QED) is 0.283. The molecular formula is C24H28BrN3O7. The Kier molecular flexibility index (Phi) is 7.20. The highest BCUT2D eigenvalue weighted by Crippen LogP contribution is 2.38. The molecule has 0 aromatic carbocycles. The number of rotatable bonds is 8. The van der Waals surface area contributed by atoms with Crippen LogP contribution in [0.25, 0.3) is 0 Å². The molecule has 3 saturated heterocycles. The van der Waals surface area contributed by atoms with Crippen molar-refractivity contribution in [2.75, 3.05) is 31.5 Å². The van der Waals surface area contributed by atoms with Crippen LogP contribution in [0.2, 0.25) is 0 Å². The third-order valence-corrected chi connectivity index (χ3v) is 7.13. The summed E-state index contributed by atoms with van der Waals surface area (Å²) in [6.45, 7) is 4.38. The van der Waals surface area contributed by atoms with E-state index in [1.807, 2.05) is 6.92 Å². The number of aromatic nitrogens is 1. The van der Waals surface area contributed by atoms with Crippen LogP contribution in [-0.2, 0) is 26.3 Å². The number of aliphatic hydroxyl groups is 1. The molecule has 0 saturated carbocycles. The smallest absolute Gasteiger partial charge is 0.348 e. The van der Waals surface area contributed by atoms with Crippen LogP contribution in [-0.4, -0.2) is 58.9 Å². The van der Waals surface area contributed by atoms with Crippen molar-refractivity contribution in [3.63, 3.8) is 0 Å². The number of esters is 1. The Hall–Kier alpha value is -2.89. The van der Waals surface area contributed by atoms with Crippen molar-refractivity contribution in [3.05, 3.63) is 60.1 Å². The molecule has 0 spiro atoms. The van der Waals surface area contributed by atoms with E-state index < -0.39 is 17.7 Å². The van der Waals surface area contributed by atoms with E-state index in [2.05, 4.69) is 10.5 Å². The van der Waals surface area contributed by atoms with E-state index >= 15 is 0 Å². The van der Waals surface area contributed by atoms with Crippen molar-refractivity contribution in [1.82, 2.24) is 5.16 Å². The number of anilines is 1. The van der Waals surface area contributed by atoms with Crippen LogP contribution >= 0.6 is 0 Å². The topological polar surface area (TPSA) is 128 Å². The summed E-state index contributed by atoms with van der Waals surface area (Å²) < 4.78 is 21.8. The molecule has 3 aromatic heterocycles. The molecule has 1 amide bonds. The Morgan fingerprint density at radius 2 is 1.86 bits per heavy atom. The Balaban J connectivity index is 0.00000289. The first kappa shape index (κ1) is 25.2. The molecule has 3 aliphatic rings. The highest BCUT2D eigenvalue weighted by Gasteiger charge is 2.51. The number of piperidine rings is 3. The van der Waals surface area contributed by atoms with Gasteiger partial charge in [0, 0.05) is 42.4 Å². The van der Waals surface area contributed by atoms with E-state index in [0.717, 1.165) is 25.9 Å². The van der Waals surface area contributed by atoms with E-state index in [4.69, 9.17) is 18.1 Å². The molecule has 35 heavy (non-hydrogen) atoms. The molecule has 3 fully saturated rings. The Morgan fingerprint density at radius 3 is 2.40 bits per heavy atom. The number of hydrogen-bond acceptors (Lipinski definition) is 8. The van der Waals surface area contributed by atoms with Crippen molar-refractivity contribution in [2.45, 2.75) is 37.9 Å². The van der Waals surface area contributed by atoms with Crippen molar-refractivity contribution in [1.29, 1.82) is 0 Å². The van der Waals surface area contributed by atoms with Crippen molar-refractivity contribution >= 4 is 17.7 Å². The second-order valence-electron chi connectivity index (χ2n) is 9.23.